The Morgan fingerprint density at radius 1 is 1.53 bits per heavy atom. The molecule has 0 unspecified atom stereocenters. The van der Waals surface area contributed by atoms with E-state index in [1.165, 1.54) is 11.3 Å². The van der Waals surface area contributed by atoms with Crippen molar-refractivity contribution in [1.82, 2.24) is 4.98 Å². The van der Waals surface area contributed by atoms with Crippen LogP contribution in [0.5, 0.6) is 5.75 Å². The fraction of sp³-hybridized carbons (Fsp3) is 0.182. The minimum Gasteiger partial charge on any atom is -0.492 e. The Hall–Kier alpha value is -1.24. The van der Waals surface area contributed by atoms with E-state index in [4.69, 9.17) is 22.8 Å². The lowest BCUT2D eigenvalue weighted by Crippen LogP contribution is -1.97. The van der Waals surface area contributed by atoms with Crippen LogP contribution in [0.15, 0.2) is 18.2 Å². The monoisotopic (exact) mass is 237 g/mol. The molecule has 15 heavy (non-hydrogen) atoms. The Bertz CT molecular complexity index is 515. The quantitative estimate of drug-likeness (QED) is 0.605. The van der Waals surface area contributed by atoms with E-state index in [2.05, 4.69) is 10.9 Å². The summed E-state index contributed by atoms with van der Waals surface area (Å²) >= 11 is 7.02. The van der Waals surface area contributed by atoms with Crippen molar-refractivity contribution in [3.8, 4) is 18.1 Å². The van der Waals surface area contributed by atoms with Gasteiger partial charge in [0.25, 0.3) is 0 Å². The molecule has 2 aromatic rings. The van der Waals surface area contributed by atoms with Gasteiger partial charge in [0.2, 0.25) is 0 Å². The molecule has 0 amide bonds. The molecule has 0 aliphatic rings. The van der Waals surface area contributed by atoms with Crippen LogP contribution in [0, 0.1) is 12.3 Å². The van der Waals surface area contributed by atoms with Crippen molar-refractivity contribution in [2.75, 3.05) is 12.5 Å². The molecule has 4 heteroatoms. The normalized spacial score (nSPS) is 10.1. The number of ether oxygens (including phenoxy) is 1. The molecule has 0 N–H and O–H groups in total. The molecule has 76 valence electrons. The molecule has 0 saturated heterocycles. The molecule has 2 nitrogen and oxygen atoms in total. The van der Waals surface area contributed by atoms with Crippen LogP contribution < -0.4 is 4.74 Å². The van der Waals surface area contributed by atoms with Gasteiger partial charge in [0.15, 0.2) is 5.01 Å². The van der Waals surface area contributed by atoms with Gasteiger partial charge in [0, 0.05) is 0 Å². The zero-order chi connectivity index (χ0) is 10.7. The van der Waals surface area contributed by atoms with Crippen molar-refractivity contribution in [1.29, 1.82) is 0 Å². The summed E-state index contributed by atoms with van der Waals surface area (Å²) < 4.78 is 6.44. The van der Waals surface area contributed by atoms with Gasteiger partial charge in [-0.05, 0) is 24.1 Å². The second-order valence-electron chi connectivity index (χ2n) is 2.83. The third-order valence-electron chi connectivity index (χ3n) is 1.83. The van der Waals surface area contributed by atoms with Crippen LogP contribution in [-0.2, 0) is 0 Å². The van der Waals surface area contributed by atoms with E-state index < -0.39 is 0 Å². The average Bonchev–Trinajstić information content (AvgIpc) is 2.68. The van der Waals surface area contributed by atoms with E-state index in [9.17, 15) is 0 Å². The summed E-state index contributed by atoms with van der Waals surface area (Å²) in [6.45, 7) is 0.508. The number of hydrogen-bond donors (Lipinski definition) is 0. The molecule has 2 rings (SSSR count). The topological polar surface area (TPSA) is 22.1 Å². The maximum absolute atomic E-state index is 5.53. The van der Waals surface area contributed by atoms with Crippen molar-refractivity contribution < 1.29 is 4.74 Å². The predicted octanol–water partition coefficient (Wildman–Crippen LogP) is 2.90. The van der Waals surface area contributed by atoms with Crippen molar-refractivity contribution in [3.05, 3.63) is 23.2 Å². The lowest BCUT2D eigenvalue weighted by molar-refractivity contribution is 0.343. The van der Waals surface area contributed by atoms with E-state index >= 15 is 0 Å². The molecule has 0 atom stereocenters. The Labute approximate surface area is 96.8 Å². The largest absolute Gasteiger partial charge is 0.492 e. The van der Waals surface area contributed by atoms with Gasteiger partial charge in [-0.15, -0.1) is 29.4 Å². The number of thiazole rings is 1. The van der Waals surface area contributed by atoms with E-state index in [-0.39, 0.29) is 0 Å². The third kappa shape index (κ3) is 2.23. The zero-order valence-corrected chi connectivity index (χ0v) is 9.44. The second kappa shape index (κ2) is 4.52. The summed E-state index contributed by atoms with van der Waals surface area (Å²) in [5.41, 5.74) is 0.908. The minimum atomic E-state index is 0.482. The lowest BCUT2D eigenvalue weighted by Gasteiger charge is -2.02. The maximum atomic E-state index is 5.53. The zero-order valence-electron chi connectivity index (χ0n) is 7.87. The van der Waals surface area contributed by atoms with Crippen LogP contribution in [0.1, 0.15) is 5.01 Å². The number of benzene rings is 1. The number of fused-ring (bicyclic) bond motifs is 1. The highest BCUT2D eigenvalue weighted by molar-refractivity contribution is 7.19. The first-order valence-electron chi connectivity index (χ1n) is 4.39. The van der Waals surface area contributed by atoms with Crippen LogP contribution in [-0.4, -0.2) is 17.5 Å². The number of aromatic nitrogens is 1. The first kappa shape index (κ1) is 10.3. The van der Waals surface area contributed by atoms with Gasteiger partial charge < -0.3 is 4.74 Å². The number of halogens is 1. The Balaban J connectivity index is 2.34. The third-order valence-corrected chi connectivity index (χ3v) is 2.93. The fourth-order valence-corrected chi connectivity index (χ4v) is 2.09. The Morgan fingerprint density at radius 3 is 3.13 bits per heavy atom. The maximum Gasteiger partial charge on any atom is 0.167 e. The van der Waals surface area contributed by atoms with Crippen LogP contribution >= 0.6 is 22.9 Å². The van der Waals surface area contributed by atoms with Crippen molar-refractivity contribution in [3.63, 3.8) is 0 Å². The SMILES string of the molecule is C#Cc1nc2ccc(OCCCl)cc2s1. The summed E-state index contributed by atoms with van der Waals surface area (Å²) in [5, 5.41) is 0.694. The molecule has 0 bridgehead atoms. The first-order chi connectivity index (χ1) is 7.33. The molecule has 0 radical (unpaired) electrons. The molecule has 1 aromatic heterocycles. The molecule has 1 heterocycles. The van der Waals surface area contributed by atoms with E-state index in [0.29, 0.717) is 17.5 Å². The molecule has 0 aliphatic heterocycles. The van der Waals surface area contributed by atoms with Gasteiger partial charge in [0.05, 0.1) is 16.1 Å². The standard InChI is InChI=1S/C11H8ClNOS/c1-2-11-13-9-4-3-8(14-6-5-12)7-10(9)15-11/h1,3-4,7H,5-6H2. The molecule has 0 saturated carbocycles. The number of hydrogen-bond acceptors (Lipinski definition) is 3. The highest BCUT2D eigenvalue weighted by Gasteiger charge is 2.03. The molecule has 1 aromatic carbocycles. The number of alkyl halides is 1. The highest BCUT2D eigenvalue weighted by atomic mass is 35.5. The van der Waals surface area contributed by atoms with Crippen LogP contribution in [0.2, 0.25) is 0 Å². The summed E-state index contributed by atoms with van der Waals surface area (Å²) in [6.07, 6.45) is 5.28. The molecular formula is C11H8ClNOS. The summed E-state index contributed by atoms with van der Waals surface area (Å²) in [7, 11) is 0. The fourth-order valence-electron chi connectivity index (χ4n) is 1.21. The molecule has 0 spiro atoms. The number of nitrogens with zero attached hydrogens (tertiary/aromatic N) is 1. The number of terminal acetylenes is 1. The lowest BCUT2D eigenvalue weighted by atomic mass is 10.3. The van der Waals surface area contributed by atoms with Crippen molar-refractivity contribution in [2.24, 2.45) is 0 Å². The number of rotatable bonds is 3. The van der Waals surface area contributed by atoms with Gasteiger partial charge in [-0.2, -0.15) is 0 Å². The summed E-state index contributed by atoms with van der Waals surface area (Å²) in [5.74, 6) is 3.81. The second-order valence-corrected chi connectivity index (χ2v) is 4.24. The molecular weight excluding hydrogens is 230 g/mol. The minimum absolute atomic E-state index is 0.482. The van der Waals surface area contributed by atoms with Gasteiger partial charge in [-0.25, -0.2) is 4.98 Å². The average molecular weight is 238 g/mol. The van der Waals surface area contributed by atoms with Crippen molar-refractivity contribution >= 4 is 33.2 Å². The van der Waals surface area contributed by atoms with Gasteiger partial charge in [0.1, 0.15) is 12.4 Å². The first-order valence-corrected chi connectivity index (χ1v) is 5.74. The van der Waals surface area contributed by atoms with E-state index in [1.807, 2.05) is 18.2 Å². The van der Waals surface area contributed by atoms with Gasteiger partial charge >= 0.3 is 0 Å². The van der Waals surface area contributed by atoms with Crippen molar-refractivity contribution in [2.45, 2.75) is 0 Å². The molecule has 0 fully saturated rings. The van der Waals surface area contributed by atoms with E-state index in [1.54, 1.807) is 0 Å². The summed E-state index contributed by atoms with van der Waals surface area (Å²) in [4.78, 5) is 4.25. The molecule has 0 aliphatic carbocycles. The van der Waals surface area contributed by atoms with Crippen LogP contribution in [0.4, 0.5) is 0 Å². The predicted molar refractivity (Wildman–Crippen MR) is 63.8 cm³/mol. The Morgan fingerprint density at radius 2 is 2.40 bits per heavy atom. The smallest absolute Gasteiger partial charge is 0.167 e. The highest BCUT2D eigenvalue weighted by Crippen LogP contribution is 2.25. The van der Waals surface area contributed by atoms with Gasteiger partial charge in [-0.3, -0.25) is 0 Å². The summed E-state index contributed by atoms with van der Waals surface area (Å²) in [6, 6.07) is 5.70. The van der Waals surface area contributed by atoms with E-state index in [0.717, 1.165) is 16.0 Å². The van der Waals surface area contributed by atoms with Gasteiger partial charge in [-0.1, -0.05) is 0 Å². The van der Waals surface area contributed by atoms with Crippen LogP contribution in [0.3, 0.4) is 0 Å². The Kier molecular flexibility index (Phi) is 3.10. The van der Waals surface area contributed by atoms with Crippen LogP contribution in [0.25, 0.3) is 10.2 Å².